The van der Waals surface area contributed by atoms with Gasteiger partial charge in [-0.25, -0.2) is 9.18 Å². The second-order valence-electron chi connectivity index (χ2n) is 13.2. The van der Waals surface area contributed by atoms with Crippen molar-refractivity contribution in [3.8, 4) is 0 Å². The minimum Gasteiger partial charge on any atom is -0.336 e. The smallest absolute Gasteiger partial charge is 0.320 e. The number of allylic oxidation sites excluding steroid dienone is 1. The van der Waals surface area contributed by atoms with E-state index in [0.29, 0.717) is 37.9 Å². The molecule has 0 saturated carbocycles. The van der Waals surface area contributed by atoms with E-state index in [4.69, 9.17) is 0 Å². The number of carbonyl (C=O) groups excluding carboxylic acids is 2. The molecule has 4 fully saturated rings. The molecule has 228 valence electrons. The van der Waals surface area contributed by atoms with Gasteiger partial charge in [-0.3, -0.25) is 20.0 Å². The summed E-state index contributed by atoms with van der Waals surface area (Å²) in [6, 6.07) is 0.101. The molecule has 11 nitrogen and oxygen atoms in total. The van der Waals surface area contributed by atoms with Gasteiger partial charge in [0.1, 0.15) is 12.3 Å². The van der Waals surface area contributed by atoms with Gasteiger partial charge in [-0.15, -0.1) is 5.53 Å². The topological polar surface area (TPSA) is 107 Å². The van der Waals surface area contributed by atoms with Crippen molar-refractivity contribution in [2.45, 2.75) is 102 Å². The lowest BCUT2D eigenvalue weighted by Crippen LogP contribution is -2.80. The number of hydrogen-bond acceptors (Lipinski definition) is 8. The Balaban J connectivity index is 1.36. The highest BCUT2D eigenvalue weighted by Crippen LogP contribution is 2.40. The number of hydrogen-bond donors (Lipinski definition) is 5. The van der Waals surface area contributed by atoms with Crippen molar-refractivity contribution in [3.63, 3.8) is 0 Å². The zero-order chi connectivity index (χ0) is 28.8. The first-order chi connectivity index (χ1) is 19.8. The van der Waals surface area contributed by atoms with Crippen LogP contribution in [0.5, 0.6) is 0 Å². The number of nitrogens with zero attached hydrogens (tertiary/aromatic N) is 4. The minimum atomic E-state index is -1.15. The maximum absolute atomic E-state index is 16.2. The van der Waals surface area contributed by atoms with Gasteiger partial charge < -0.3 is 25.9 Å². The van der Waals surface area contributed by atoms with E-state index >= 15 is 4.39 Å². The number of fused-ring (bicyclic) bond motifs is 5. The molecule has 41 heavy (non-hydrogen) atoms. The van der Waals surface area contributed by atoms with E-state index in [1.54, 1.807) is 4.90 Å². The molecule has 3 amide bonds. The quantitative estimate of drug-likeness (QED) is 0.323. The Morgan fingerprint density at radius 2 is 2.00 bits per heavy atom. The summed E-state index contributed by atoms with van der Waals surface area (Å²) in [5, 5.41) is 12.6. The van der Waals surface area contributed by atoms with Gasteiger partial charge in [0, 0.05) is 49.5 Å². The Hall–Kier alpha value is -2.41. The van der Waals surface area contributed by atoms with Crippen LogP contribution in [-0.2, 0) is 4.79 Å². The predicted molar refractivity (Wildman–Crippen MR) is 154 cm³/mol. The predicted octanol–water partition coefficient (Wildman–Crippen LogP) is 1.40. The SMILES string of the molecule is C=CC(=O)N1CCN(C2NC(=O)N3C4NC(C(F)CC42)N2C=C(CCCCC4CCNC(C(C)C)C43)NN2)[C@@H](C)C1. The van der Waals surface area contributed by atoms with Crippen molar-refractivity contribution in [1.82, 2.24) is 46.6 Å². The maximum Gasteiger partial charge on any atom is 0.320 e. The number of piperidine rings is 2. The molecule has 0 radical (unpaired) electrons. The number of rotatable bonds is 3. The summed E-state index contributed by atoms with van der Waals surface area (Å²) in [4.78, 5) is 32.8. The van der Waals surface area contributed by atoms with E-state index < -0.39 is 12.3 Å². The van der Waals surface area contributed by atoms with Crippen LogP contribution in [0.25, 0.3) is 0 Å². The second kappa shape index (κ2) is 11.7. The van der Waals surface area contributed by atoms with Crippen LogP contribution < -0.4 is 26.9 Å². The molecule has 9 atom stereocenters. The fourth-order valence-electron chi connectivity index (χ4n) is 8.29. The van der Waals surface area contributed by atoms with Crippen LogP contribution in [0.4, 0.5) is 9.18 Å². The number of nitrogens with one attached hydrogen (secondary N) is 5. The molecule has 6 rings (SSSR count). The van der Waals surface area contributed by atoms with Crippen molar-refractivity contribution in [1.29, 1.82) is 0 Å². The van der Waals surface area contributed by atoms with Crippen LogP contribution in [0.15, 0.2) is 24.6 Å². The van der Waals surface area contributed by atoms with E-state index in [1.165, 1.54) is 6.08 Å². The van der Waals surface area contributed by atoms with Crippen LogP contribution in [0.2, 0.25) is 0 Å². The number of urea groups is 1. The Morgan fingerprint density at radius 3 is 2.76 bits per heavy atom. The highest BCUT2D eigenvalue weighted by molar-refractivity contribution is 5.87. The summed E-state index contributed by atoms with van der Waals surface area (Å²) >= 11 is 0. The molecule has 0 spiro atoms. The molecular formula is C29H48FN9O2. The van der Waals surface area contributed by atoms with Gasteiger partial charge in [0.15, 0.2) is 0 Å². The molecule has 6 heterocycles. The fraction of sp³-hybridized carbons (Fsp3) is 0.793. The van der Waals surface area contributed by atoms with Crippen molar-refractivity contribution in [2.75, 3.05) is 26.2 Å². The van der Waals surface area contributed by atoms with Crippen LogP contribution in [0.1, 0.15) is 59.3 Å². The van der Waals surface area contributed by atoms with E-state index in [1.807, 2.05) is 11.2 Å². The molecule has 0 aliphatic carbocycles. The van der Waals surface area contributed by atoms with E-state index in [9.17, 15) is 9.59 Å². The minimum absolute atomic E-state index is 0.0108. The average molecular weight is 574 g/mol. The first-order valence-corrected chi connectivity index (χ1v) is 15.7. The molecule has 0 aromatic rings. The zero-order valence-electron chi connectivity index (χ0n) is 24.7. The third-order valence-corrected chi connectivity index (χ3v) is 10.3. The van der Waals surface area contributed by atoms with Gasteiger partial charge >= 0.3 is 6.03 Å². The molecule has 12 heteroatoms. The van der Waals surface area contributed by atoms with Crippen molar-refractivity contribution < 1.29 is 14.0 Å². The lowest BCUT2D eigenvalue weighted by Gasteiger charge is -2.59. The molecule has 4 bridgehead atoms. The van der Waals surface area contributed by atoms with Crippen molar-refractivity contribution in [3.05, 3.63) is 24.6 Å². The van der Waals surface area contributed by atoms with Gasteiger partial charge in [0.2, 0.25) is 5.91 Å². The first kappa shape index (κ1) is 28.7. The number of halogens is 1. The van der Waals surface area contributed by atoms with Gasteiger partial charge in [0.25, 0.3) is 0 Å². The number of piperazine rings is 1. The molecule has 4 saturated heterocycles. The Kier molecular flexibility index (Phi) is 8.19. The van der Waals surface area contributed by atoms with Crippen molar-refractivity contribution in [2.24, 2.45) is 17.8 Å². The van der Waals surface area contributed by atoms with Gasteiger partial charge in [-0.2, -0.15) is 0 Å². The highest BCUT2D eigenvalue weighted by Gasteiger charge is 2.56. The summed E-state index contributed by atoms with van der Waals surface area (Å²) in [7, 11) is 0. The van der Waals surface area contributed by atoms with Crippen molar-refractivity contribution >= 4 is 11.9 Å². The fourth-order valence-corrected chi connectivity index (χ4v) is 8.29. The molecule has 0 aromatic carbocycles. The van der Waals surface area contributed by atoms with E-state index in [-0.39, 0.29) is 48.3 Å². The summed E-state index contributed by atoms with van der Waals surface area (Å²) in [6.45, 7) is 12.9. The number of carbonyl (C=O) groups is 2. The zero-order valence-corrected chi connectivity index (χ0v) is 24.7. The summed E-state index contributed by atoms with van der Waals surface area (Å²) < 4.78 is 16.2. The third kappa shape index (κ3) is 5.32. The summed E-state index contributed by atoms with van der Waals surface area (Å²) in [5.74, 6) is 0.482. The Bertz CT molecular complexity index is 1040. The Morgan fingerprint density at radius 1 is 1.17 bits per heavy atom. The highest BCUT2D eigenvalue weighted by atomic mass is 19.1. The number of amides is 3. The normalized spacial score (nSPS) is 39.9. The Labute approximate surface area is 243 Å². The molecule has 5 N–H and O–H groups in total. The van der Waals surface area contributed by atoms with Gasteiger partial charge in [0.05, 0.1) is 18.4 Å². The second-order valence-corrected chi connectivity index (χ2v) is 13.2. The molecular weight excluding hydrogens is 525 g/mol. The van der Waals surface area contributed by atoms with E-state index in [2.05, 4.69) is 64.1 Å². The largest absolute Gasteiger partial charge is 0.336 e. The number of hydrazine groups is 2. The van der Waals surface area contributed by atoms with Gasteiger partial charge in [-0.05, 0) is 63.5 Å². The summed E-state index contributed by atoms with van der Waals surface area (Å²) in [6.07, 6.45) is 6.38. The molecule has 0 aromatic heterocycles. The van der Waals surface area contributed by atoms with E-state index in [0.717, 1.165) is 44.3 Å². The first-order valence-electron chi connectivity index (χ1n) is 15.7. The van der Waals surface area contributed by atoms with Crippen LogP contribution in [0, 0.1) is 17.8 Å². The lowest BCUT2D eigenvalue weighted by molar-refractivity contribution is -0.132. The lowest BCUT2D eigenvalue weighted by atomic mass is 9.76. The molecule has 6 aliphatic heterocycles. The van der Waals surface area contributed by atoms with Crippen LogP contribution in [-0.4, -0.2) is 101 Å². The van der Waals surface area contributed by atoms with Crippen LogP contribution >= 0.6 is 0 Å². The molecule has 8 unspecified atom stereocenters. The maximum atomic E-state index is 16.2. The monoisotopic (exact) mass is 573 g/mol. The third-order valence-electron chi connectivity index (χ3n) is 10.3. The molecule has 6 aliphatic rings. The average Bonchev–Trinajstić information content (AvgIpc) is 3.43. The van der Waals surface area contributed by atoms with Gasteiger partial charge in [-0.1, -0.05) is 26.8 Å². The number of alkyl halides is 1. The van der Waals surface area contributed by atoms with Crippen LogP contribution in [0.3, 0.4) is 0 Å². The summed E-state index contributed by atoms with van der Waals surface area (Å²) in [5.41, 5.74) is 7.46. The standard InChI is InChI=1S/C29H48FN9O2/c1-5-23(40)36-12-13-37(18(4)15-36)26-21-14-22(30)28-32-27(21)39(29(41)33-26)25-19(10-11-31-24(25)17(2)3)8-6-7-9-20-16-38(28)35-34-20/h5,16-19,21-22,24-28,31-32,34-35H,1,6-15H2,2-4H3,(H,33,41)/t18-,19?,21?,22?,24?,25?,26?,27?,28?/m0/s1.